The maximum atomic E-state index is 3.98. The highest BCUT2D eigenvalue weighted by atomic mass is 15.1. The second kappa shape index (κ2) is 5.57. The van der Waals surface area contributed by atoms with E-state index < -0.39 is 0 Å². The average molecular weight is 255 g/mol. The van der Waals surface area contributed by atoms with E-state index in [9.17, 15) is 0 Å². The molecule has 1 aliphatic carbocycles. The third-order valence-electron chi connectivity index (χ3n) is 4.20. The van der Waals surface area contributed by atoms with E-state index in [0.29, 0.717) is 6.04 Å². The number of hydrogen-bond donors (Lipinski definition) is 2. The van der Waals surface area contributed by atoms with Gasteiger partial charge in [-0.25, -0.2) is 0 Å². The Bertz CT molecular complexity index is 501. The quantitative estimate of drug-likeness (QED) is 0.879. The Morgan fingerprint density at radius 3 is 2.68 bits per heavy atom. The molecule has 1 aliphatic rings. The van der Waals surface area contributed by atoms with Gasteiger partial charge in [0.25, 0.3) is 0 Å². The monoisotopic (exact) mass is 255 g/mol. The van der Waals surface area contributed by atoms with Gasteiger partial charge in [-0.05, 0) is 36.0 Å². The van der Waals surface area contributed by atoms with Crippen LogP contribution in [0, 0.1) is 5.92 Å². The van der Waals surface area contributed by atoms with Crippen molar-refractivity contribution < 1.29 is 0 Å². The summed E-state index contributed by atoms with van der Waals surface area (Å²) in [5.74, 6) is 0.823. The second-order valence-electron chi connectivity index (χ2n) is 5.56. The molecule has 0 bridgehead atoms. The summed E-state index contributed by atoms with van der Waals surface area (Å²) in [5.41, 5.74) is 3.61. The molecule has 2 atom stereocenters. The first-order valence-corrected chi connectivity index (χ1v) is 7.15. The lowest BCUT2D eigenvalue weighted by Gasteiger charge is -2.17. The van der Waals surface area contributed by atoms with E-state index in [1.165, 1.54) is 30.4 Å². The summed E-state index contributed by atoms with van der Waals surface area (Å²) in [6.45, 7) is 3.32. The molecule has 1 aromatic heterocycles. The van der Waals surface area contributed by atoms with Crippen molar-refractivity contribution in [1.82, 2.24) is 15.5 Å². The van der Waals surface area contributed by atoms with Crippen LogP contribution < -0.4 is 5.32 Å². The van der Waals surface area contributed by atoms with E-state index in [0.717, 1.165) is 18.2 Å². The zero-order chi connectivity index (χ0) is 13.1. The first kappa shape index (κ1) is 12.4. The molecule has 0 amide bonds. The van der Waals surface area contributed by atoms with E-state index in [1.807, 2.05) is 6.07 Å². The summed E-state index contributed by atoms with van der Waals surface area (Å²) in [6.07, 6.45) is 5.85. The van der Waals surface area contributed by atoms with Crippen molar-refractivity contribution in [3.05, 3.63) is 42.1 Å². The number of aromatic nitrogens is 2. The number of benzene rings is 1. The van der Waals surface area contributed by atoms with Crippen molar-refractivity contribution in [2.24, 2.45) is 5.92 Å². The molecule has 3 heteroatoms. The Balaban J connectivity index is 1.60. The van der Waals surface area contributed by atoms with Crippen LogP contribution in [0.5, 0.6) is 0 Å². The van der Waals surface area contributed by atoms with Gasteiger partial charge in [-0.15, -0.1) is 0 Å². The lowest BCUT2D eigenvalue weighted by atomic mass is 10.1. The molecule has 2 unspecified atom stereocenters. The molecule has 19 heavy (non-hydrogen) atoms. The molecule has 3 nitrogen and oxygen atoms in total. The fraction of sp³-hybridized carbons (Fsp3) is 0.438. The Morgan fingerprint density at radius 2 is 2.05 bits per heavy atom. The molecule has 100 valence electrons. The van der Waals surface area contributed by atoms with Crippen LogP contribution in [0.2, 0.25) is 0 Å². The summed E-state index contributed by atoms with van der Waals surface area (Å²) in [6, 6.07) is 11.4. The van der Waals surface area contributed by atoms with Crippen LogP contribution in [-0.2, 0) is 6.54 Å². The van der Waals surface area contributed by atoms with Gasteiger partial charge in [-0.1, -0.05) is 37.6 Å². The van der Waals surface area contributed by atoms with Crippen LogP contribution in [0.25, 0.3) is 11.3 Å². The van der Waals surface area contributed by atoms with Gasteiger partial charge in [0.2, 0.25) is 0 Å². The normalized spacial score (nSPS) is 22.8. The zero-order valence-corrected chi connectivity index (χ0v) is 11.4. The topological polar surface area (TPSA) is 40.7 Å². The standard InChI is InChI=1S/C16H21N3/c1-12-3-2-4-15(12)17-11-13-5-7-14(8-6-13)16-9-10-18-19-16/h5-10,12,15,17H,2-4,11H2,1H3,(H,18,19). The van der Waals surface area contributed by atoms with E-state index in [-0.39, 0.29) is 0 Å². The summed E-state index contributed by atoms with van der Waals surface area (Å²) in [5, 5.41) is 10.7. The van der Waals surface area contributed by atoms with Gasteiger partial charge in [-0.3, -0.25) is 5.10 Å². The summed E-state index contributed by atoms with van der Waals surface area (Å²) < 4.78 is 0. The van der Waals surface area contributed by atoms with Gasteiger partial charge >= 0.3 is 0 Å². The van der Waals surface area contributed by atoms with Gasteiger partial charge in [0.1, 0.15) is 0 Å². The average Bonchev–Trinajstić information content (AvgIpc) is 3.09. The fourth-order valence-electron chi connectivity index (χ4n) is 2.92. The van der Waals surface area contributed by atoms with Crippen LogP contribution in [0.15, 0.2) is 36.5 Å². The Kier molecular flexibility index (Phi) is 3.65. The summed E-state index contributed by atoms with van der Waals surface area (Å²) in [7, 11) is 0. The number of nitrogens with one attached hydrogen (secondary N) is 2. The van der Waals surface area contributed by atoms with E-state index in [1.54, 1.807) is 6.20 Å². The maximum absolute atomic E-state index is 3.98. The molecule has 2 N–H and O–H groups in total. The first-order chi connectivity index (χ1) is 9.33. The van der Waals surface area contributed by atoms with Crippen LogP contribution in [0.1, 0.15) is 31.7 Å². The molecule has 0 spiro atoms. The molecule has 1 aromatic carbocycles. The zero-order valence-electron chi connectivity index (χ0n) is 11.4. The van der Waals surface area contributed by atoms with Gasteiger partial charge in [0, 0.05) is 18.8 Å². The summed E-state index contributed by atoms with van der Waals surface area (Å²) >= 11 is 0. The smallest absolute Gasteiger partial charge is 0.0650 e. The van der Waals surface area contributed by atoms with Crippen molar-refractivity contribution in [2.45, 2.75) is 38.8 Å². The number of rotatable bonds is 4. The van der Waals surface area contributed by atoms with Crippen LogP contribution in [0.4, 0.5) is 0 Å². The number of H-pyrrole nitrogens is 1. The highest BCUT2D eigenvalue weighted by molar-refractivity contribution is 5.58. The first-order valence-electron chi connectivity index (χ1n) is 7.15. The fourth-order valence-corrected chi connectivity index (χ4v) is 2.92. The Hall–Kier alpha value is -1.61. The highest BCUT2D eigenvalue weighted by Crippen LogP contribution is 2.25. The molecule has 2 aromatic rings. The molecule has 0 radical (unpaired) electrons. The summed E-state index contributed by atoms with van der Waals surface area (Å²) in [4.78, 5) is 0. The maximum Gasteiger partial charge on any atom is 0.0650 e. The van der Waals surface area contributed by atoms with Crippen molar-refractivity contribution in [3.63, 3.8) is 0 Å². The molecule has 0 aliphatic heterocycles. The predicted molar refractivity (Wildman–Crippen MR) is 77.7 cm³/mol. The van der Waals surface area contributed by atoms with Gasteiger partial charge in [0.15, 0.2) is 0 Å². The molecular weight excluding hydrogens is 234 g/mol. The van der Waals surface area contributed by atoms with Crippen LogP contribution >= 0.6 is 0 Å². The molecule has 0 saturated heterocycles. The lowest BCUT2D eigenvalue weighted by Crippen LogP contribution is -2.30. The van der Waals surface area contributed by atoms with Crippen molar-refractivity contribution in [1.29, 1.82) is 0 Å². The third-order valence-corrected chi connectivity index (χ3v) is 4.20. The molecule has 1 heterocycles. The SMILES string of the molecule is CC1CCCC1NCc1ccc(-c2ccn[nH]2)cc1. The molecule has 1 saturated carbocycles. The van der Waals surface area contributed by atoms with Crippen molar-refractivity contribution in [2.75, 3.05) is 0 Å². The minimum Gasteiger partial charge on any atom is -0.310 e. The van der Waals surface area contributed by atoms with Gasteiger partial charge < -0.3 is 5.32 Å². The van der Waals surface area contributed by atoms with Gasteiger partial charge in [0.05, 0.1) is 5.69 Å². The Labute approximate surface area is 114 Å². The highest BCUT2D eigenvalue weighted by Gasteiger charge is 2.22. The minimum atomic E-state index is 0.701. The largest absolute Gasteiger partial charge is 0.310 e. The number of nitrogens with zero attached hydrogens (tertiary/aromatic N) is 1. The van der Waals surface area contributed by atoms with E-state index in [2.05, 4.69) is 46.7 Å². The number of hydrogen-bond acceptors (Lipinski definition) is 2. The van der Waals surface area contributed by atoms with Crippen LogP contribution in [-0.4, -0.2) is 16.2 Å². The molecular formula is C16H21N3. The second-order valence-corrected chi connectivity index (χ2v) is 5.56. The van der Waals surface area contributed by atoms with Crippen LogP contribution in [0.3, 0.4) is 0 Å². The van der Waals surface area contributed by atoms with E-state index >= 15 is 0 Å². The van der Waals surface area contributed by atoms with Crippen molar-refractivity contribution in [3.8, 4) is 11.3 Å². The Morgan fingerprint density at radius 1 is 1.21 bits per heavy atom. The number of aromatic amines is 1. The van der Waals surface area contributed by atoms with Gasteiger partial charge in [-0.2, -0.15) is 5.10 Å². The molecule has 3 rings (SSSR count). The minimum absolute atomic E-state index is 0.701. The molecule has 1 fully saturated rings. The third kappa shape index (κ3) is 2.87. The lowest BCUT2D eigenvalue weighted by molar-refractivity contribution is 0.426. The predicted octanol–water partition coefficient (Wildman–Crippen LogP) is 3.35. The van der Waals surface area contributed by atoms with E-state index in [4.69, 9.17) is 0 Å². The van der Waals surface area contributed by atoms with Crippen molar-refractivity contribution >= 4 is 0 Å².